The van der Waals surface area contributed by atoms with Gasteiger partial charge in [0.2, 0.25) is 0 Å². The van der Waals surface area contributed by atoms with Crippen LogP contribution in [0.25, 0.3) is 0 Å². The minimum absolute atomic E-state index is 0.0359. The van der Waals surface area contributed by atoms with Crippen molar-refractivity contribution in [3.8, 4) is 0 Å². The van der Waals surface area contributed by atoms with Crippen LogP contribution in [0.3, 0.4) is 0 Å². The maximum atomic E-state index is 13.2. The highest BCUT2D eigenvalue weighted by Crippen LogP contribution is 2.16. The van der Waals surface area contributed by atoms with Crippen LogP contribution in [0, 0.1) is 11.8 Å². The zero-order chi connectivity index (χ0) is 73.5. The summed E-state index contributed by atoms with van der Waals surface area (Å²) in [7, 11) is 0. The van der Waals surface area contributed by atoms with Crippen LogP contribution in [0.1, 0.15) is 356 Å². The van der Waals surface area contributed by atoms with E-state index >= 15 is 0 Å². The minimum atomic E-state index is -0.528. The fourth-order valence-corrected chi connectivity index (χ4v) is 11.2. The van der Waals surface area contributed by atoms with E-state index in [9.17, 15) is 28.8 Å². The van der Waals surface area contributed by atoms with Crippen LogP contribution in [0.4, 0.5) is 0 Å². The maximum absolute atomic E-state index is 13.2. The quantitative estimate of drug-likeness (QED) is 0.0245. The molecule has 0 atom stereocenters. The van der Waals surface area contributed by atoms with Gasteiger partial charge in [0.15, 0.2) is 0 Å². The first-order valence-corrected chi connectivity index (χ1v) is 41.4. The highest BCUT2D eigenvalue weighted by atomic mass is 16.6. The van der Waals surface area contributed by atoms with Gasteiger partial charge >= 0.3 is 35.8 Å². The summed E-state index contributed by atoms with van der Waals surface area (Å²) < 4.78 is 34.1. The third-order valence-electron chi connectivity index (χ3n) is 17.9. The molecule has 13 heteroatoms. The average Bonchev–Trinajstić information content (AvgIpc) is 2.12. The summed E-state index contributed by atoms with van der Waals surface area (Å²) in [4.78, 5) is 80.1. The zero-order valence-corrected chi connectivity index (χ0v) is 65.5. The summed E-state index contributed by atoms with van der Waals surface area (Å²) in [6.07, 6.45) is 85.4. The van der Waals surface area contributed by atoms with Crippen LogP contribution in [-0.2, 0) is 57.2 Å². The van der Waals surface area contributed by atoms with E-state index < -0.39 is 23.8 Å². The molecule has 0 N–H and O–H groups in total. The Bertz CT molecular complexity index is 1900. The van der Waals surface area contributed by atoms with Gasteiger partial charge in [0.25, 0.3) is 0 Å². The van der Waals surface area contributed by atoms with E-state index in [1.54, 1.807) is 0 Å². The van der Waals surface area contributed by atoms with Gasteiger partial charge in [-0.3, -0.25) is 28.8 Å². The lowest BCUT2D eigenvalue weighted by Gasteiger charge is -2.21. The Morgan fingerprint density at radius 3 is 0.604 bits per heavy atom. The molecule has 0 spiro atoms. The number of hydrogen-bond donors (Lipinski definition) is 0. The van der Waals surface area contributed by atoms with E-state index in [0.29, 0.717) is 45.3 Å². The van der Waals surface area contributed by atoms with Crippen molar-refractivity contribution in [2.75, 3.05) is 59.3 Å². The third kappa shape index (κ3) is 74.2. The second kappa shape index (κ2) is 78.8. The minimum Gasteiger partial charge on any atom is -0.465 e. The molecule has 13 nitrogen and oxygen atoms in total. The molecule has 0 aliphatic heterocycles. The van der Waals surface area contributed by atoms with E-state index in [1.165, 1.54) is 77.0 Å². The molecule has 0 aromatic rings. The molecular weight excluding hydrogens is 1260 g/mol. The van der Waals surface area contributed by atoms with Gasteiger partial charge < -0.3 is 33.3 Å². The van der Waals surface area contributed by atoms with Crippen LogP contribution in [0.15, 0.2) is 97.2 Å². The van der Waals surface area contributed by atoms with E-state index in [0.717, 1.165) is 205 Å². The fraction of sp³-hybridized carbons (Fsp3) is 0.750. The van der Waals surface area contributed by atoms with Crippen molar-refractivity contribution in [1.82, 2.24) is 4.90 Å². The smallest absolute Gasteiger partial charge is 0.307 e. The van der Waals surface area contributed by atoms with Crippen molar-refractivity contribution in [1.29, 1.82) is 0 Å². The Morgan fingerprint density at radius 1 is 0.228 bits per heavy atom. The van der Waals surface area contributed by atoms with E-state index in [4.69, 9.17) is 28.4 Å². The SMILES string of the molecule is CCCCC/C=C\C/C=C\CCCCCCCC(=O)OCC(COC(=O)CCCCCCC/C=C\C/C=C\CCCCC)COC(=O)CCN(CC)CCC(=O)OCC(COC(=O)CCCCCCC/C=C\C/C=C\CCCCC)COC(=O)CCCCCCC/C=C\C/C=C\CCCCC. The Hall–Kier alpha value is -5.30. The normalized spacial score (nSPS) is 12.2. The van der Waals surface area contributed by atoms with E-state index in [-0.39, 0.29) is 76.4 Å². The van der Waals surface area contributed by atoms with Gasteiger partial charge in [0.1, 0.15) is 39.6 Å². The molecule has 0 aliphatic carbocycles. The topological polar surface area (TPSA) is 161 Å². The average molecular weight is 1420 g/mol. The number of hydrogen-bond acceptors (Lipinski definition) is 13. The summed E-state index contributed by atoms with van der Waals surface area (Å²) in [6.45, 7) is 11.8. The number of allylic oxidation sites excluding steroid dienone is 16. The maximum Gasteiger partial charge on any atom is 0.307 e. The number of nitrogens with zero attached hydrogens (tertiary/aromatic N) is 1. The van der Waals surface area contributed by atoms with Gasteiger partial charge in [-0.15, -0.1) is 0 Å². The molecular formula is C88H151NO12. The zero-order valence-electron chi connectivity index (χ0n) is 65.5. The Kier molecular flexibility index (Phi) is 74.7. The molecule has 0 radical (unpaired) electrons. The van der Waals surface area contributed by atoms with Crippen LogP contribution < -0.4 is 0 Å². The van der Waals surface area contributed by atoms with E-state index in [2.05, 4.69) is 125 Å². The highest BCUT2D eigenvalue weighted by molar-refractivity contribution is 5.71. The van der Waals surface area contributed by atoms with Crippen molar-refractivity contribution in [2.45, 2.75) is 356 Å². The first kappa shape index (κ1) is 95.7. The predicted octanol–water partition coefficient (Wildman–Crippen LogP) is 23.8. The Balaban J connectivity index is 5.29. The number of carbonyl (C=O) groups is 6. The molecule has 0 amide bonds. The largest absolute Gasteiger partial charge is 0.465 e. The van der Waals surface area contributed by atoms with Crippen molar-refractivity contribution in [3.63, 3.8) is 0 Å². The Morgan fingerprint density at radius 2 is 0.406 bits per heavy atom. The first-order valence-electron chi connectivity index (χ1n) is 41.4. The van der Waals surface area contributed by atoms with Crippen molar-refractivity contribution in [3.05, 3.63) is 97.2 Å². The lowest BCUT2D eigenvalue weighted by Crippen LogP contribution is -2.31. The van der Waals surface area contributed by atoms with E-state index in [1.807, 2.05) is 11.8 Å². The molecule has 0 saturated carbocycles. The number of unbranched alkanes of at least 4 members (excludes halogenated alkanes) is 32. The molecule has 0 aromatic carbocycles. The summed E-state index contributed by atoms with van der Waals surface area (Å²) in [5.74, 6) is -3.25. The number of esters is 6. The van der Waals surface area contributed by atoms with Crippen LogP contribution in [0.5, 0.6) is 0 Å². The fourth-order valence-electron chi connectivity index (χ4n) is 11.2. The third-order valence-corrected chi connectivity index (χ3v) is 17.9. The van der Waals surface area contributed by atoms with Crippen molar-refractivity contribution < 1.29 is 57.2 Å². The number of ether oxygens (including phenoxy) is 6. The second-order valence-corrected chi connectivity index (χ2v) is 27.7. The van der Waals surface area contributed by atoms with Gasteiger partial charge in [-0.05, 0) is 161 Å². The molecule has 0 aliphatic rings. The second-order valence-electron chi connectivity index (χ2n) is 27.7. The van der Waals surface area contributed by atoms with Gasteiger partial charge in [0.05, 0.1) is 24.7 Å². The molecule has 0 saturated heterocycles. The molecule has 0 fully saturated rings. The van der Waals surface area contributed by atoms with Crippen LogP contribution in [-0.4, -0.2) is 100.0 Å². The molecule has 0 rings (SSSR count). The molecule has 0 unspecified atom stereocenters. The van der Waals surface area contributed by atoms with Crippen molar-refractivity contribution in [2.24, 2.45) is 11.8 Å². The Labute approximate surface area is 618 Å². The molecule has 0 bridgehead atoms. The highest BCUT2D eigenvalue weighted by Gasteiger charge is 2.21. The standard InChI is InChI=1S/C88H151NO12/c1-6-11-15-19-23-27-31-35-39-43-47-51-55-59-63-67-83(90)96-75-81(76-97-84(91)68-64-60-56-52-48-44-40-36-32-28-24-20-16-12-7-2)79-100-87(94)71-73-89(10-5)74-72-88(95)101-80-82(77-98-85(92)69-65-61-57-53-49-45-41-37-33-29-25-21-17-13-8-3)78-99-86(93)70-66-62-58-54-50-46-42-38-34-30-26-22-18-14-9-4/h23-30,35-42,81-82H,6-22,31-34,43-80H2,1-5H3/b27-23-,28-24-,29-25-,30-26-,39-35-,40-36-,41-37-,42-38-. The van der Waals surface area contributed by atoms with Crippen molar-refractivity contribution >= 4 is 35.8 Å². The summed E-state index contributed by atoms with van der Waals surface area (Å²) in [5.41, 5.74) is 0. The van der Waals surface area contributed by atoms with Gasteiger partial charge in [-0.1, -0.05) is 260 Å². The molecule has 580 valence electrons. The van der Waals surface area contributed by atoms with Gasteiger partial charge in [-0.2, -0.15) is 0 Å². The monoisotopic (exact) mass is 1410 g/mol. The van der Waals surface area contributed by atoms with Gasteiger partial charge in [0, 0.05) is 38.8 Å². The first-order chi connectivity index (χ1) is 49.6. The van der Waals surface area contributed by atoms with Crippen LogP contribution >= 0.6 is 0 Å². The lowest BCUT2D eigenvalue weighted by molar-refractivity contribution is -0.156. The summed E-state index contributed by atoms with van der Waals surface area (Å²) >= 11 is 0. The predicted molar refractivity (Wildman–Crippen MR) is 422 cm³/mol. The van der Waals surface area contributed by atoms with Crippen LogP contribution in [0.2, 0.25) is 0 Å². The lowest BCUT2D eigenvalue weighted by atomic mass is 10.1. The molecule has 0 heterocycles. The molecule has 101 heavy (non-hydrogen) atoms. The summed E-state index contributed by atoms with van der Waals surface area (Å²) in [5, 5.41) is 0. The number of rotatable bonds is 75. The summed E-state index contributed by atoms with van der Waals surface area (Å²) in [6, 6.07) is 0. The molecule has 0 aromatic heterocycles. The number of carbonyl (C=O) groups excluding carboxylic acids is 6. The van der Waals surface area contributed by atoms with Gasteiger partial charge in [-0.25, -0.2) is 0 Å².